The molecule has 0 unspecified atom stereocenters. The molecule has 0 atom stereocenters. The predicted molar refractivity (Wildman–Crippen MR) is 163 cm³/mol. The molecule has 0 bridgehead atoms. The van der Waals surface area contributed by atoms with E-state index in [1.54, 1.807) is 19.1 Å². The molecule has 2 aliphatic heterocycles. The van der Waals surface area contributed by atoms with Gasteiger partial charge in [-0.3, -0.25) is 19.4 Å². The number of carbonyl (C=O) groups excluding carboxylic acids is 2. The minimum atomic E-state index is -0.259. The first-order chi connectivity index (χ1) is 20.5. The van der Waals surface area contributed by atoms with Crippen LogP contribution in [-0.4, -0.2) is 78.9 Å². The van der Waals surface area contributed by atoms with Crippen molar-refractivity contribution in [3.05, 3.63) is 95.3 Å². The molecule has 5 rings (SSSR count). The van der Waals surface area contributed by atoms with Gasteiger partial charge < -0.3 is 14.5 Å². The fourth-order valence-electron chi connectivity index (χ4n) is 5.85. The van der Waals surface area contributed by atoms with E-state index < -0.39 is 0 Å². The molecule has 0 saturated carbocycles. The molecule has 3 aromatic rings. The lowest BCUT2D eigenvalue weighted by Gasteiger charge is -2.28. The van der Waals surface area contributed by atoms with Gasteiger partial charge in [-0.25, -0.2) is 4.39 Å². The van der Waals surface area contributed by atoms with Crippen LogP contribution in [0.2, 0.25) is 0 Å². The zero-order chi connectivity index (χ0) is 29.3. The van der Waals surface area contributed by atoms with Crippen LogP contribution in [0.15, 0.2) is 72.8 Å². The van der Waals surface area contributed by atoms with Crippen LogP contribution in [0.3, 0.4) is 0 Å². The fraction of sp³-hybridized carbons (Fsp3) is 0.412. The van der Waals surface area contributed by atoms with Gasteiger partial charge in [-0.15, -0.1) is 0 Å². The second-order valence-corrected chi connectivity index (χ2v) is 11.2. The second-order valence-electron chi connectivity index (χ2n) is 11.2. The van der Waals surface area contributed by atoms with Crippen molar-refractivity contribution in [1.82, 2.24) is 14.7 Å². The molecule has 0 aromatic heterocycles. The van der Waals surface area contributed by atoms with E-state index >= 15 is 0 Å². The highest BCUT2D eigenvalue weighted by molar-refractivity contribution is 5.95. The number of para-hydroxylation sites is 1. The zero-order valence-corrected chi connectivity index (χ0v) is 24.5. The summed E-state index contributed by atoms with van der Waals surface area (Å²) < 4.78 is 19.6. The van der Waals surface area contributed by atoms with E-state index in [9.17, 15) is 14.0 Å². The van der Waals surface area contributed by atoms with E-state index in [-0.39, 0.29) is 17.6 Å². The Kier molecular flexibility index (Phi) is 10.2. The lowest BCUT2D eigenvalue weighted by atomic mass is 10.1. The molecule has 0 spiro atoms. The Labute approximate surface area is 248 Å². The van der Waals surface area contributed by atoms with E-state index in [4.69, 9.17) is 4.74 Å². The summed E-state index contributed by atoms with van der Waals surface area (Å²) in [6.45, 7) is 8.80. The maximum atomic E-state index is 14.0. The highest BCUT2D eigenvalue weighted by Crippen LogP contribution is 2.25. The standard InChI is InChI=1S/C34H41FN4O3/c1-27(40)39-19-7-18-37(25-28-12-14-31(35)15-13-28)20-21-38(26-30-8-2-3-11-33(30)39)34(41)29-9-6-10-32(24-29)42-23-22-36-16-4-5-17-36/h2-3,6,8-15,24H,4-5,7,16-23,25-26H2,1H3. The van der Waals surface area contributed by atoms with Crippen molar-refractivity contribution < 1.29 is 18.7 Å². The first kappa shape index (κ1) is 29.7. The van der Waals surface area contributed by atoms with Crippen molar-refractivity contribution in [2.75, 3.05) is 57.3 Å². The van der Waals surface area contributed by atoms with Gasteiger partial charge in [0, 0.05) is 64.0 Å². The normalized spacial score (nSPS) is 17.0. The van der Waals surface area contributed by atoms with Crippen molar-refractivity contribution in [3.63, 3.8) is 0 Å². The van der Waals surface area contributed by atoms with E-state index in [0.717, 1.165) is 49.4 Å². The molecular weight excluding hydrogens is 531 g/mol. The third-order valence-electron chi connectivity index (χ3n) is 8.13. The van der Waals surface area contributed by atoms with Gasteiger partial charge in [0.15, 0.2) is 0 Å². The topological polar surface area (TPSA) is 56.3 Å². The number of hydrogen-bond donors (Lipinski definition) is 0. The molecule has 222 valence electrons. The van der Waals surface area contributed by atoms with Gasteiger partial charge in [-0.2, -0.15) is 0 Å². The van der Waals surface area contributed by atoms with Crippen LogP contribution < -0.4 is 9.64 Å². The van der Waals surface area contributed by atoms with Crippen LogP contribution in [0, 0.1) is 5.82 Å². The van der Waals surface area contributed by atoms with Crippen molar-refractivity contribution in [2.45, 2.75) is 39.3 Å². The summed E-state index contributed by atoms with van der Waals surface area (Å²) in [5.41, 5.74) is 3.36. The third kappa shape index (κ3) is 7.95. The molecule has 8 heteroatoms. The maximum absolute atomic E-state index is 14.0. The van der Waals surface area contributed by atoms with Gasteiger partial charge in [0.25, 0.3) is 5.91 Å². The van der Waals surface area contributed by atoms with Crippen LogP contribution in [0.1, 0.15) is 47.7 Å². The Balaban J connectivity index is 1.37. The summed E-state index contributed by atoms with van der Waals surface area (Å²) in [6.07, 6.45) is 3.27. The quantitative estimate of drug-likeness (QED) is 0.390. The summed E-state index contributed by atoms with van der Waals surface area (Å²) in [7, 11) is 0. The van der Waals surface area contributed by atoms with Crippen molar-refractivity contribution >= 4 is 17.5 Å². The lowest BCUT2D eigenvalue weighted by molar-refractivity contribution is -0.116. The van der Waals surface area contributed by atoms with Gasteiger partial charge in [0.05, 0.1) is 0 Å². The van der Waals surface area contributed by atoms with Crippen LogP contribution in [0.4, 0.5) is 10.1 Å². The molecule has 0 N–H and O–H groups in total. The molecule has 0 radical (unpaired) electrons. The number of fused-ring (bicyclic) bond motifs is 1. The monoisotopic (exact) mass is 572 g/mol. The summed E-state index contributed by atoms with van der Waals surface area (Å²) in [4.78, 5) is 35.1. The molecule has 1 fully saturated rings. The lowest BCUT2D eigenvalue weighted by Crippen LogP contribution is -2.38. The van der Waals surface area contributed by atoms with Crippen molar-refractivity contribution in [1.29, 1.82) is 0 Å². The number of nitrogens with zero attached hydrogens (tertiary/aromatic N) is 4. The van der Waals surface area contributed by atoms with E-state index in [2.05, 4.69) is 9.80 Å². The fourth-order valence-corrected chi connectivity index (χ4v) is 5.85. The van der Waals surface area contributed by atoms with E-state index in [1.807, 2.05) is 58.3 Å². The molecule has 2 aliphatic rings. The molecule has 2 heterocycles. The molecule has 0 aliphatic carbocycles. The van der Waals surface area contributed by atoms with Gasteiger partial charge >= 0.3 is 0 Å². The molecular formula is C34H41FN4O3. The Hall–Kier alpha value is -3.75. The molecule has 2 amide bonds. The number of hydrogen-bond acceptors (Lipinski definition) is 5. The largest absolute Gasteiger partial charge is 0.492 e. The zero-order valence-electron chi connectivity index (χ0n) is 24.5. The predicted octanol–water partition coefficient (Wildman–Crippen LogP) is 5.20. The Bertz CT molecular complexity index is 1340. The number of amides is 2. The third-order valence-corrected chi connectivity index (χ3v) is 8.13. The number of ether oxygens (including phenoxy) is 1. The number of carbonyl (C=O) groups is 2. The minimum absolute atomic E-state index is 0.0246. The number of anilines is 1. The highest BCUT2D eigenvalue weighted by atomic mass is 19.1. The maximum Gasteiger partial charge on any atom is 0.254 e. The number of likely N-dealkylation sites (tertiary alicyclic amines) is 1. The second kappa shape index (κ2) is 14.4. The first-order valence-electron chi connectivity index (χ1n) is 15.0. The Morgan fingerprint density at radius 2 is 1.57 bits per heavy atom. The van der Waals surface area contributed by atoms with Gasteiger partial charge in [0.2, 0.25) is 5.91 Å². The summed E-state index contributed by atoms with van der Waals surface area (Å²) >= 11 is 0. The number of halogens is 1. The van der Waals surface area contributed by atoms with Gasteiger partial charge in [-0.05, 0) is 79.9 Å². The van der Waals surface area contributed by atoms with Crippen LogP contribution in [-0.2, 0) is 17.9 Å². The van der Waals surface area contributed by atoms with Crippen molar-refractivity contribution in [2.24, 2.45) is 0 Å². The molecule has 42 heavy (non-hydrogen) atoms. The van der Waals surface area contributed by atoms with Crippen molar-refractivity contribution in [3.8, 4) is 5.75 Å². The minimum Gasteiger partial charge on any atom is -0.492 e. The first-order valence-corrected chi connectivity index (χ1v) is 15.0. The van der Waals surface area contributed by atoms with Crippen LogP contribution >= 0.6 is 0 Å². The van der Waals surface area contributed by atoms with Gasteiger partial charge in [0.1, 0.15) is 18.2 Å². The van der Waals surface area contributed by atoms with Crippen LogP contribution in [0.5, 0.6) is 5.75 Å². The average Bonchev–Trinajstić information content (AvgIpc) is 3.51. The molecule has 1 saturated heterocycles. The number of benzene rings is 3. The molecule has 7 nitrogen and oxygen atoms in total. The van der Waals surface area contributed by atoms with Gasteiger partial charge in [-0.1, -0.05) is 36.4 Å². The van der Waals surface area contributed by atoms with E-state index in [1.165, 1.54) is 25.0 Å². The SMILES string of the molecule is CC(=O)N1CCCN(Cc2ccc(F)cc2)CCN(C(=O)c2cccc(OCCN3CCCC3)c2)Cc2ccccc21. The van der Waals surface area contributed by atoms with E-state index in [0.29, 0.717) is 50.6 Å². The van der Waals surface area contributed by atoms with Crippen LogP contribution in [0.25, 0.3) is 0 Å². The number of rotatable bonds is 7. The molecule has 3 aromatic carbocycles. The summed E-state index contributed by atoms with van der Waals surface area (Å²) in [5.74, 6) is 0.331. The summed E-state index contributed by atoms with van der Waals surface area (Å²) in [6, 6.07) is 21.9. The Morgan fingerprint density at radius 1 is 0.810 bits per heavy atom. The highest BCUT2D eigenvalue weighted by Gasteiger charge is 2.23. The average molecular weight is 573 g/mol. The Morgan fingerprint density at radius 3 is 2.36 bits per heavy atom. The summed E-state index contributed by atoms with van der Waals surface area (Å²) in [5, 5.41) is 0. The smallest absolute Gasteiger partial charge is 0.254 e.